The van der Waals surface area contributed by atoms with Crippen LogP contribution in [-0.4, -0.2) is 13.1 Å². The number of halogens is 1. The molecular formula is C15H19BrN2. The molecular weight excluding hydrogens is 288 g/mol. The van der Waals surface area contributed by atoms with Crippen molar-refractivity contribution in [2.45, 2.75) is 32.6 Å². The second-order valence-electron chi connectivity index (χ2n) is 4.97. The van der Waals surface area contributed by atoms with Crippen molar-refractivity contribution < 1.29 is 0 Å². The number of rotatable bonds is 2. The molecule has 1 saturated heterocycles. The van der Waals surface area contributed by atoms with E-state index in [4.69, 9.17) is 5.26 Å². The van der Waals surface area contributed by atoms with Crippen LogP contribution in [0, 0.1) is 17.2 Å². The smallest absolute Gasteiger partial charge is 0.0992 e. The maximum atomic E-state index is 8.89. The van der Waals surface area contributed by atoms with E-state index >= 15 is 0 Å². The number of hydrogen-bond acceptors (Lipinski definition) is 2. The number of benzene rings is 1. The van der Waals surface area contributed by atoms with E-state index in [1.54, 1.807) is 0 Å². The maximum Gasteiger partial charge on any atom is 0.0992 e. The topological polar surface area (TPSA) is 27.0 Å². The Balaban J connectivity index is 2.14. The van der Waals surface area contributed by atoms with E-state index in [0.29, 0.717) is 5.56 Å². The van der Waals surface area contributed by atoms with Gasteiger partial charge in [-0.25, -0.2) is 0 Å². The van der Waals surface area contributed by atoms with Crippen molar-refractivity contribution >= 4 is 21.6 Å². The molecule has 1 aliphatic rings. The lowest BCUT2D eigenvalue weighted by molar-refractivity contribution is 0.459. The molecule has 2 rings (SSSR count). The van der Waals surface area contributed by atoms with Crippen LogP contribution in [-0.2, 0) is 0 Å². The average Bonchev–Trinajstić information content (AvgIpc) is 2.63. The SMILES string of the molecule is CCC1CCCN(c2ccc(C#N)cc2Br)CC1. The van der Waals surface area contributed by atoms with E-state index in [-0.39, 0.29) is 0 Å². The van der Waals surface area contributed by atoms with E-state index in [9.17, 15) is 0 Å². The average molecular weight is 307 g/mol. The summed E-state index contributed by atoms with van der Waals surface area (Å²) in [7, 11) is 0. The zero-order chi connectivity index (χ0) is 13.0. The largest absolute Gasteiger partial charge is 0.371 e. The summed E-state index contributed by atoms with van der Waals surface area (Å²) in [5.41, 5.74) is 1.94. The summed E-state index contributed by atoms with van der Waals surface area (Å²) in [6.07, 6.45) is 5.19. The zero-order valence-corrected chi connectivity index (χ0v) is 12.4. The number of hydrogen-bond donors (Lipinski definition) is 0. The van der Waals surface area contributed by atoms with Crippen LogP contribution in [0.2, 0.25) is 0 Å². The Labute approximate surface area is 118 Å². The minimum absolute atomic E-state index is 0.715. The molecule has 0 N–H and O–H groups in total. The van der Waals surface area contributed by atoms with Crippen molar-refractivity contribution in [2.75, 3.05) is 18.0 Å². The van der Waals surface area contributed by atoms with Crippen molar-refractivity contribution in [3.63, 3.8) is 0 Å². The number of anilines is 1. The lowest BCUT2D eigenvalue weighted by Gasteiger charge is -2.24. The van der Waals surface area contributed by atoms with Gasteiger partial charge in [0, 0.05) is 17.6 Å². The van der Waals surface area contributed by atoms with Gasteiger partial charge in [0.05, 0.1) is 17.3 Å². The van der Waals surface area contributed by atoms with Gasteiger partial charge < -0.3 is 4.90 Å². The van der Waals surface area contributed by atoms with Crippen LogP contribution in [0.4, 0.5) is 5.69 Å². The van der Waals surface area contributed by atoms with Crippen molar-refractivity contribution in [1.82, 2.24) is 0 Å². The summed E-state index contributed by atoms with van der Waals surface area (Å²) in [6.45, 7) is 4.54. The summed E-state index contributed by atoms with van der Waals surface area (Å²) in [5, 5.41) is 8.89. The van der Waals surface area contributed by atoms with Crippen LogP contribution in [0.3, 0.4) is 0 Å². The first kappa shape index (κ1) is 13.4. The lowest BCUT2D eigenvalue weighted by Crippen LogP contribution is -2.24. The summed E-state index contributed by atoms with van der Waals surface area (Å²) in [5.74, 6) is 0.882. The second-order valence-corrected chi connectivity index (χ2v) is 5.82. The predicted molar refractivity (Wildman–Crippen MR) is 78.7 cm³/mol. The molecule has 1 unspecified atom stereocenters. The van der Waals surface area contributed by atoms with Crippen molar-refractivity contribution in [2.24, 2.45) is 5.92 Å². The van der Waals surface area contributed by atoms with Crippen molar-refractivity contribution in [3.8, 4) is 6.07 Å². The molecule has 1 aliphatic heterocycles. The third-order valence-electron chi connectivity index (χ3n) is 3.84. The molecule has 0 bridgehead atoms. The maximum absolute atomic E-state index is 8.89. The Morgan fingerprint density at radius 1 is 1.39 bits per heavy atom. The van der Waals surface area contributed by atoms with Crippen LogP contribution in [0.5, 0.6) is 0 Å². The molecule has 1 fully saturated rings. The Morgan fingerprint density at radius 3 is 2.89 bits per heavy atom. The highest BCUT2D eigenvalue weighted by atomic mass is 79.9. The van der Waals surface area contributed by atoms with E-state index in [1.165, 1.54) is 31.4 Å². The summed E-state index contributed by atoms with van der Waals surface area (Å²) < 4.78 is 1.04. The second kappa shape index (κ2) is 6.24. The summed E-state index contributed by atoms with van der Waals surface area (Å²) in [6, 6.07) is 8.06. The molecule has 3 heteroatoms. The summed E-state index contributed by atoms with van der Waals surface area (Å²) in [4.78, 5) is 2.45. The van der Waals surface area contributed by atoms with Gasteiger partial charge in [-0.1, -0.05) is 13.3 Å². The number of nitrogens with zero attached hydrogens (tertiary/aromatic N) is 2. The van der Waals surface area contributed by atoms with Crippen molar-refractivity contribution in [3.05, 3.63) is 28.2 Å². The normalized spacial score (nSPS) is 20.3. The van der Waals surface area contributed by atoms with Crippen LogP contribution < -0.4 is 4.90 Å². The van der Waals surface area contributed by atoms with Gasteiger partial charge in [0.15, 0.2) is 0 Å². The van der Waals surface area contributed by atoms with Gasteiger partial charge in [-0.15, -0.1) is 0 Å². The first-order valence-electron chi connectivity index (χ1n) is 6.69. The van der Waals surface area contributed by atoms with Crippen LogP contribution in [0.25, 0.3) is 0 Å². The fourth-order valence-corrected chi connectivity index (χ4v) is 3.28. The molecule has 1 aromatic rings. The standard InChI is InChI=1S/C15H19BrN2/c1-2-12-4-3-8-18(9-7-12)15-6-5-13(11-17)10-14(15)16/h5-6,10,12H,2-4,7-9H2,1H3. The first-order valence-corrected chi connectivity index (χ1v) is 7.48. The van der Waals surface area contributed by atoms with Crippen LogP contribution >= 0.6 is 15.9 Å². The molecule has 0 spiro atoms. The fraction of sp³-hybridized carbons (Fsp3) is 0.533. The molecule has 0 aromatic heterocycles. The van der Waals surface area contributed by atoms with E-state index in [0.717, 1.165) is 23.5 Å². The third-order valence-corrected chi connectivity index (χ3v) is 4.48. The Morgan fingerprint density at radius 2 is 2.22 bits per heavy atom. The molecule has 1 heterocycles. The zero-order valence-electron chi connectivity index (χ0n) is 10.8. The molecule has 0 saturated carbocycles. The highest BCUT2D eigenvalue weighted by Gasteiger charge is 2.17. The third kappa shape index (κ3) is 3.05. The molecule has 0 radical (unpaired) electrons. The van der Waals surface area contributed by atoms with Gasteiger partial charge in [0.2, 0.25) is 0 Å². The molecule has 0 aliphatic carbocycles. The van der Waals surface area contributed by atoms with Crippen molar-refractivity contribution in [1.29, 1.82) is 5.26 Å². The van der Waals surface area contributed by atoms with E-state index in [2.05, 4.69) is 39.9 Å². The lowest BCUT2D eigenvalue weighted by atomic mass is 9.98. The minimum Gasteiger partial charge on any atom is -0.371 e. The molecule has 96 valence electrons. The van der Waals surface area contributed by atoms with Gasteiger partial charge in [0.25, 0.3) is 0 Å². The van der Waals surface area contributed by atoms with Gasteiger partial charge in [-0.2, -0.15) is 5.26 Å². The molecule has 18 heavy (non-hydrogen) atoms. The van der Waals surface area contributed by atoms with E-state index < -0.39 is 0 Å². The van der Waals surface area contributed by atoms with Gasteiger partial charge in [0.1, 0.15) is 0 Å². The highest BCUT2D eigenvalue weighted by molar-refractivity contribution is 9.10. The Hall–Kier alpha value is -1.01. The monoisotopic (exact) mass is 306 g/mol. The first-order chi connectivity index (χ1) is 8.74. The molecule has 1 aromatic carbocycles. The summed E-state index contributed by atoms with van der Waals surface area (Å²) >= 11 is 3.59. The predicted octanol–water partition coefficient (Wildman–Crippen LogP) is 4.34. The number of nitriles is 1. The molecule has 0 amide bonds. The quantitative estimate of drug-likeness (QED) is 0.813. The fourth-order valence-electron chi connectivity index (χ4n) is 2.65. The Bertz CT molecular complexity index is 450. The Kier molecular flexibility index (Phi) is 4.66. The van der Waals surface area contributed by atoms with Gasteiger partial charge >= 0.3 is 0 Å². The van der Waals surface area contributed by atoms with E-state index in [1.807, 2.05) is 12.1 Å². The van der Waals surface area contributed by atoms with Crippen LogP contribution in [0.15, 0.2) is 22.7 Å². The highest BCUT2D eigenvalue weighted by Crippen LogP contribution is 2.30. The van der Waals surface area contributed by atoms with Gasteiger partial charge in [-0.3, -0.25) is 0 Å². The van der Waals surface area contributed by atoms with Gasteiger partial charge in [-0.05, 0) is 59.3 Å². The molecule has 2 nitrogen and oxygen atoms in total. The minimum atomic E-state index is 0.715. The molecule has 1 atom stereocenters. The van der Waals surface area contributed by atoms with Crippen LogP contribution in [0.1, 0.15) is 38.2 Å².